The summed E-state index contributed by atoms with van der Waals surface area (Å²) < 4.78 is 40.8. The fraction of sp³-hybridized carbons (Fsp3) is 0.400. The van der Waals surface area contributed by atoms with Gasteiger partial charge in [0, 0.05) is 18.3 Å². The molecule has 0 atom stereocenters. The van der Waals surface area contributed by atoms with Gasteiger partial charge in [-0.3, -0.25) is 0 Å². The van der Waals surface area contributed by atoms with Crippen molar-refractivity contribution in [2.24, 2.45) is 0 Å². The molecule has 0 spiro atoms. The molecule has 0 radical (unpaired) electrons. The second-order valence-electron chi connectivity index (χ2n) is 4.93. The Morgan fingerprint density at radius 1 is 1.18 bits per heavy atom. The summed E-state index contributed by atoms with van der Waals surface area (Å²) in [6, 6.07) is 5.41. The molecule has 0 unspecified atom stereocenters. The number of anilines is 1. The Morgan fingerprint density at radius 2 is 1.86 bits per heavy atom. The Balaban J connectivity index is 0.00000242. The van der Waals surface area contributed by atoms with Gasteiger partial charge >= 0.3 is 6.18 Å². The number of aryl methyl sites for hydroxylation is 1. The quantitative estimate of drug-likeness (QED) is 0.801. The van der Waals surface area contributed by atoms with Crippen LogP contribution in [0.1, 0.15) is 31.7 Å². The number of hydrogen-bond acceptors (Lipinski definition) is 2. The summed E-state index contributed by atoms with van der Waals surface area (Å²) in [6.45, 7) is 2.75. The van der Waals surface area contributed by atoms with Crippen LogP contribution in [-0.2, 0) is 12.7 Å². The van der Waals surface area contributed by atoms with Crippen molar-refractivity contribution in [2.75, 3.05) is 5.73 Å². The van der Waals surface area contributed by atoms with Gasteiger partial charge in [-0.15, -0.1) is 12.4 Å². The number of nitrogen functional groups attached to an aromatic ring is 1. The van der Waals surface area contributed by atoms with E-state index in [-0.39, 0.29) is 29.6 Å². The molecule has 0 bridgehead atoms. The maximum atomic E-state index is 13.0. The van der Waals surface area contributed by atoms with E-state index in [1.165, 1.54) is 12.1 Å². The summed E-state index contributed by atoms with van der Waals surface area (Å²) in [5, 5.41) is 0. The first-order chi connectivity index (χ1) is 9.93. The molecular weight excluding hydrogens is 315 g/mol. The molecule has 0 fully saturated rings. The molecule has 3 nitrogen and oxygen atoms in total. The molecule has 122 valence electrons. The van der Waals surface area contributed by atoms with E-state index < -0.39 is 11.7 Å². The third kappa shape index (κ3) is 4.16. The van der Waals surface area contributed by atoms with Gasteiger partial charge in [0.05, 0.1) is 11.3 Å². The van der Waals surface area contributed by atoms with Crippen molar-refractivity contribution >= 4 is 18.4 Å². The molecule has 0 saturated carbocycles. The lowest BCUT2D eigenvalue weighted by Crippen LogP contribution is -2.06. The van der Waals surface area contributed by atoms with Gasteiger partial charge < -0.3 is 10.3 Å². The molecule has 2 rings (SSSR count). The molecule has 0 amide bonds. The van der Waals surface area contributed by atoms with Crippen LogP contribution in [0, 0.1) is 0 Å². The van der Waals surface area contributed by atoms with Gasteiger partial charge in [-0.2, -0.15) is 13.2 Å². The van der Waals surface area contributed by atoms with Gasteiger partial charge in [-0.25, -0.2) is 4.98 Å². The molecule has 0 saturated heterocycles. The highest BCUT2D eigenvalue weighted by Crippen LogP contribution is 2.36. The molecule has 0 aliphatic rings. The van der Waals surface area contributed by atoms with Gasteiger partial charge in [0.1, 0.15) is 0 Å². The van der Waals surface area contributed by atoms with Crippen LogP contribution in [0.3, 0.4) is 0 Å². The second kappa shape index (κ2) is 7.54. The van der Waals surface area contributed by atoms with E-state index in [1.807, 2.05) is 0 Å². The SMILES string of the molecule is CCCCCn1cc(-c2ccccc2C(F)(F)F)nc1N.Cl. The van der Waals surface area contributed by atoms with E-state index >= 15 is 0 Å². The number of benzene rings is 1. The molecule has 1 aromatic carbocycles. The van der Waals surface area contributed by atoms with Crippen LogP contribution in [0.15, 0.2) is 30.5 Å². The second-order valence-corrected chi connectivity index (χ2v) is 4.93. The van der Waals surface area contributed by atoms with Crippen LogP contribution in [0.4, 0.5) is 19.1 Å². The Kier molecular flexibility index (Phi) is 6.29. The summed E-state index contributed by atoms with van der Waals surface area (Å²) >= 11 is 0. The van der Waals surface area contributed by atoms with E-state index in [2.05, 4.69) is 11.9 Å². The smallest absolute Gasteiger partial charge is 0.369 e. The van der Waals surface area contributed by atoms with Gasteiger partial charge in [0.2, 0.25) is 5.95 Å². The van der Waals surface area contributed by atoms with Gasteiger partial charge in [0.15, 0.2) is 0 Å². The van der Waals surface area contributed by atoms with Crippen molar-refractivity contribution < 1.29 is 13.2 Å². The number of aromatic nitrogens is 2. The number of rotatable bonds is 5. The molecule has 0 aliphatic carbocycles. The number of halogens is 4. The van der Waals surface area contributed by atoms with Crippen LogP contribution in [-0.4, -0.2) is 9.55 Å². The van der Waals surface area contributed by atoms with Crippen LogP contribution < -0.4 is 5.73 Å². The van der Waals surface area contributed by atoms with Gasteiger partial charge in [-0.05, 0) is 12.5 Å². The minimum Gasteiger partial charge on any atom is -0.369 e. The topological polar surface area (TPSA) is 43.8 Å². The Bertz CT molecular complexity index is 608. The number of nitrogens with two attached hydrogens (primary N) is 1. The largest absolute Gasteiger partial charge is 0.417 e. The molecule has 7 heteroatoms. The van der Waals surface area contributed by atoms with Crippen molar-refractivity contribution in [3.05, 3.63) is 36.0 Å². The highest BCUT2D eigenvalue weighted by Gasteiger charge is 2.33. The standard InChI is InChI=1S/C15H18F3N3.ClH/c1-2-3-6-9-21-10-13(20-14(21)19)11-7-4-5-8-12(11)15(16,17)18;/h4-5,7-8,10H,2-3,6,9H2,1H3,(H2,19,20);1H. The number of imidazole rings is 1. The highest BCUT2D eigenvalue weighted by atomic mass is 35.5. The summed E-state index contributed by atoms with van der Waals surface area (Å²) in [5.41, 5.74) is 5.42. The number of unbranched alkanes of at least 4 members (excludes halogenated alkanes) is 2. The highest BCUT2D eigenvalue weighted by molar-refractivity contribution is 5.85. The zero-order valence-corrected chi connectivity index (χ0v) is 13.0. The maximum Gasteiger partial charge on any atom is 0.417 e. The molecular formula is C15H19ClF3N3. The van der Waals surface area contributed by atoms with E-state index in [9.17, 15) is 13.2 Å². The molecule has 1 aromatic heterocycles. The first kappa shape index (κ1) is 18.4. The third-order valence-corrected chi connectivity index (χ3v) is 3.32. The predicted molar refractivity (Wildman–Crippen MR) is 83.9 cm³/mol. The Hall–Kier alpha value is -1.69. The zero-order valence-electron chi connectivity index (χ0n) is 12.2. The minimum atomic E-state index is -4.41. The fourth-order valence-electron chi connectivity index (χ4n) is 2.22. The average molecular weight is 334 g/mol. The normalized spacial score (nSPS) is 11.3. The van der Waals surface area contributed by atoms with Crippen LogP contribution in [0.5, 0.6) is 0 Å². The fourth-order valence-corrected chi connectivity index (χ4v) is 2.22. The zero-order chi connectivity index (χ0) is 15.5. The van der Waals surface area contributed by atoms with E-state index in [1.54, 1.807) is 16.8 Å². The molecule has 0 aliphatic heterocycles. The lowest BCUT2D eigenvalue weighted by atomic mass is 10.0. The minimum absolute atomic E-state index is 0. The van der Waals surface area contributed by atoms with Gasteiger partial charge in [-0.1, -0.05) is 38.0 Å². The Morgan fingerprint density at radius 3 is 2.50 bits per heavy atom. The summed E-state index contributed by atoms with van der Waals surface area (Å²) in [7, 11) is 0. The first-order valence-electron chi connectivity index (χ1n) is 6.92. The van der Waals surface area contributed by atoms with Crippen molar-refractivity contribution in [1.29, 1.82) is 0 Å². The summed E-state index contributed by atoms with van der Waals surface area (Å²) in [5.74, 6) is 0.248. The number of alkyl halides is 3. The first-order valence-corrected chi connectivity index (χ1v) is 6.92. The van der Waals surface area contributed by atoms with Crippen molar-refractivity contribution in [1.82, 2.24) is 9.55 Å². The maximum absolute atomic E-state index is 13.0. The van der Waals surface area contributed by atoms with E-state index in [0.717, 1.165) is 25.3 Å². The van der Waals surface area contributed by atoms with E-state index in [4.69, 9.17) is 5.73 Å². The number of nitrogens with zero attached hydrogens (tertiary/aromatic N) is 2. The Labute approximate surface area is 133 Å². The lowest BCUT2D eigenvalue weighted by molar-refractivity contribution is -0.137. The molecule has 22 heavy (non-hydrogen) atoms. The van der Waals surface area contributed by atoms with Gasteiger partial charge in [0.25, 0.3) is 0 Å². The summed E-state index contributed by atoms with van der Waals surface area (Å²) in [4.78, 5) is 4.07. The van der Waals surface area contributed by atoms with Crippen LogP contribution >= 0.6 is 12.4 Å². The van der Waals surface area contributed by atoms with Crippen molar-refractivity contribution in [2.45, 2.75) is 38.9 Å². The van der Waals surface area contributed by atoms with Crippen molar-refractivity contribution in [3.8, 4) is 11.3 Å². The third-order valence-electron chi connectivity index (χ3n) is 3.32. The lowest BCUT2D eigenvalue weighted by Gasteiger charge is -2.10. The average Bonchev–Trinajstić information content (AvgIpc) is 2.80. The monoisotopic (exact) mass is 333 g/mol. The molecule has 2 N–H and O–H groups in total. The van der Waals surface area contributed by atoms with E-state index in [0.29, 0.717) is 6.54 Å². The van der Waals surface area contributed by atoms with Crippen LogP contribution in [0.2, 0.25) is 0 Å². The predicted octanol–water partition coefficient (Wildman–Crippen LogP) is 4.76. The van der Waals surface area contributed by atoms with Crippen LogP contribution in [0.25, 0.3) is 11.3 Å². The molecule has 1 heterocycles. The van der Waals surface area contributed by atoms with Crippen molar-refractivity contribution in [3.63, 3.8) is 0 Å². The number of hydrogen-bond donors (Lipinski definition) is 1. The molecule has 2 aromatic rings. The summed E-state index contributed by atoms with van der Waals surface area (Å²) in [6.07, 6.45) is 0.231.